The molecule has 0 aliphatic rings. The van der Waals surface area contributed by atoms with E-state index in [2.05, 4.69) is 41.6 Å². The second-order valence-electron chi connectivity index (χ2n) is 4.87. The Morgan fingerprint density at radius 3 is 2.53 bits per heavy atom. The molecule has 0 saturated carbocycles. The van der Waals surface area contributed by atoms with Crippen molar-refractivity contribution in [1.29, 1.82) is 0 Å². The molecule has 0 aliphatic heterocycles. The van der Waals surface area contributed by atoms with Crippen LogP contribution in [0.1, 0.15) is 39.6 Å². The van der Waals surface area contributed by atoms with Gasteiger partial charge < -0.3 is 15.1 Å². The summed E-state index contributed by atoms with van der Waals surface area (Å²) in [5, 5.41) is 14.0. The van der Waals surface area contributed by atoms with Crippen LogP contribution in [0.25, 0.3) is 0 Å². The number of anilines is 1. The quantitative estimate of drug-likeness (QED) is 0.797. The maximum Gasteiger partial charge on any atom is 0.315 e. The SMILES string of the molecule is CNC(C)c1nnc(NCC(C)(C)C)o1. The van der Waals surface area contributed by atoms with Gasteiger partial charge in [0.2, 0.25) is 5.89 Å². The summed E-state index contributed by atoms with van der Waals surface area (Å²) in [6.45, 7) is 9.22. The fourth-order valence-electron chi connectivity index (χ4n) is 0.945. The van der Waals surface area contributed by atoms with Crippen molar-refractivity contribution >= 4 is 6.01 Å². The Morgan fingerprint density at radius 2 is 2.00 bits per heavy atom. The van der Waals surface area contributed by atoms with E-state index in [1.807, 2.05) is 14.0 Å². The molecule has 1 aromatic heterocycles. The molecule has 1 rings (SSSR count). The minimum atomic E-state index is 0.0858. The third kappa shape index (κ3) is 3.87. The van der Waals surface area contributed by atoms with Crippen molar-refractivity contribution in [1.82, 2.24) is 15.5 Å². The van der Waals surface area contributed by atoms with Crippen molar-refractivity contribution in [3.05, 3.63) is 5.89 Å². The van der Waals surface area contributed by atoms with Crippen molar-refractivity contribution in [3.8, 4) is 0 Å². The molecule has 1 heterocycles. The Morgan fingerprint density at radius 1 is 1.33 bits per heavy atom. The lowest BCUT2D eigenvalue weighted by atomic mass is 9.97. The zero-order valence-electron chi connectivity index (χ0n) is 10.1. The Labute approximate surface area is 90.7 Å². The highest BCUT2D eigenvalue weighted by Crippen LogP contribution is 2.16. The van der Waals surface area contributed by atoms with E-state index in [0.29, 0.717) is 11.9 Å². The molecule has 5 heteroatoms. The number of nitrogens with one attached hydrogen (secondary N) is 2. The van der Waals surface area contributed by atoms with Crippen LogP contribution >= 0.6 is 0 Å². The van der Waals surface area contributed by atoms with Crippen LogP contribution in [0, 0.1) is 5.41 Å². The molecule has 0 bridgehead atoms. The molecule has 0 amide bonds. The second-order valence-corrected chi connectivity index (χ2v) is 4.87. The van der Waals surface area contributed by atoms with E-state index in [1.165, 1.54) is 0 Å². The first-order chi connectivity index (χ1) is 6.92. The Hall–Kier alpha value is -1.10. The van der Waals surface area contributed by atoms with Crippen LogP contribution in [0.3, 0.4) is 0 Å². The molecule has 0 aromatic carbocycles. The van der Waals surface area contributed by atoms with E-state index in [1.54, 1.807) is 0 Å². The van der Waals surface area contributed by atoms with Gasteiger partial charge in [0.25, 0.3) is 0 Å². The van der Waals surface area contributed by atoms with Crippen LogP contribution < -0.4 is 10.6 Å². The van der Waals surface area contributed by atoms with E-state index >= 15 is 0 Å². The predicted molar refractivity (Wildman–Crippen MR) is 59.7 cm³/mol. The molecule has 0 aliphatic carbocycles. The average molecular weight is 212 g/mol. The summed E-state index contributed by atoms with van der Waals surface area (Å²) < 4.78 is 5.44. The van der Waals surface area contributed by atoms with Crippen LogP contribution in [-0.4, -0.2) is 23.8 Å². The fraction of sp³-hybridized carbons (Fsp3) is 0.800. The number of nitrogens with zero attached hydrogens (tertiary/aromatic N) is 2. The van der Waals surface area contributed by atoms with Gasteiger partial charge in [-0.2, -0.15) is 0 Å². The summed E-state index contributed by atoms with van der Waals surface area (Å²) in [6, 6.07) is 0.574. The minimum absolute atomic E-state index is 0.0858. The van der Waals surface area contributed by atoms with Gasteiger partial charge in [0.05, 0.1) is 6.04 Å². The predicted octanol–water partition coefficient (Wildman–Crippen LogP) is 1.81. The summed E-state index contributed by atoms with van der Waals surface area (Å²) in [7, 11) is 1.86. The van der Waals surface area contributed by atoms with E-state index in [4.69, 9.17) is 4.42 Å². The van der Waals surface area contributed by atoms with Gasteiger partial charge in [-0.05, 0) is 19.4 Å². The van der Waals surface area contributed by atoms with Gasteiger partial charge in [0.15, 0.2) is 0 Å². The van der Waals surface area contributed by atoms with Crippen LogP contribution in [0.5, 0.6) is 0 Å². The van der Waals surface area contributed by atoms with Crippen LogP contribution in [0.2, 0.25) is 0 Å². The molecule has 86 valence electrons. The minimum Gasteiger partial charge on any atom is -0.406 e. The first kappa shape index (κ1) is 12.0. The molecule has 0 fully saturated rings. The topological polar surface area (TPSA) is 63.0 Å². The molecule has 15 heavy (non-hydrogen) atoms. The smallest absolute Gasteiger partial charge is 0.315 e. The third-order valence-corrected chi connectivity index (χ3v) is 2.01. The maximum atomic E-state index is 5.44. The van der Waals surface area contributed by atoms with Gasteiger partial charge in [-0.25, -0.2) is 0 Å². The molecule has 1 aromatic rings. The van der Waals surface area contributed by atoms with Gasteiger partial charge >= 0.3 is 6.01 Å². The highest BCUT2D eigenvalue weighted by Gasteiger charge is 2.14. The number of rotatable bonds is 4. The molecule has 1 atom stereocenters. The molecule has 0 radical (unpaired) electrons. The summed E-state index contributed by atoms with van der Waals surface area (Å²) in [5.74, 6) is 0.605. The van der Waals surface area contributed by atoms with E-state index in [9.17, 15) is 0 Å². The van der Waals surface area contributed by atoms with E-state index < -0.39 is 0 Å². The Kier molecular flexibility index (Phi) is 3.68. The highest BCUT2D eigenvalue weighted by molar-refractivity contribution is 5.17. The summed E-state index contributed by atoms with van der Waals surface area (Å²) in [5.41, 5.74) is 0.198. The van der Waals surface area contributed by atoms with Gasteiger partial charge in [0, 0.05) is 6.54 Å². The monoisotopic (exact) mass is 212 g/mol. The second kappa shape index (κ2) is 4.61. The summed E-state index contributed by atoms with van der Waals surface area (Å²) in [4.78, 5) is 0. The summed E-state index contributed by atoms with van der Waals surface area (Å²) in [6.07, 6.45) is 0. The van der Waals surface area contributed by atoms with Gasteiger partial charge in [-0.1, -0.05) is 25.9 Å². The van der Waals surface area contributed by atoms with E-state index in [-0.39, 0.29) is 11.5 Å². The standard InChI is InChI=1S/C10H20N4O/c1-7(11-5)8-13-14-9(15-8)12-6-10(2,3)4/h7,11H,6H2,1-5H3,(H,12,14). The number of hydrogen-bond acceptors (Lipinski definition) is 5. The number of aromatic nitrogens is 2. The third-order valence-electron chi connectivity index (χ3n) is 2.01. The zero-order chi connectivity index (χ0) is 11.5. The average Bonchev–Trinajstić information content (AvgIpc) is 2.61. The van der Waals surface area contributed by atoms with Gasteiger partial charge in [0.1, 0.15) is 0 Å². The Balaban J connectivity index is 2.53. The van der Waals surface area contributed by atoms with Crippen molar-refractivity contribution in [2.45, 2.75) is 33.7 Å². The first-order valence-corrected chi connectivity index (χ1v) is 5.17. The lowest BCUT2D eigenvalue weighted by Gasteiger charge is -2.17. The van der Waals surface area contributed by atoms with Crippen molar-refractivity contribution in [2.75, 3.05) is 18.9 Å². The normalized spacial score (nSPS) is 13.9. The lowest BCUT2D eigenvalue weighted by Crippen LogP contribution is -2.19. The molecule has 0 spiro atoms. The van der Waals surface area contributed by atoms with Gasteiger partial charge in [-0.15, -0.1) is 5.10 Å². The molecular formula is C10H20N4O. The van der Waals surface area contributed by atoms with Crippen LogP contribution in [-0.2, 0) is 0 Å². The first-order valence-electron chi connectivity index (χ1n) is 5.17. The highest BCUT2D eigenvalue weighted by atomic mass is 16.4. The zero-order valence-corrected chi connectivity index (χ0v) is 10.1. The van der Waals surface area contributed by atoms with Crippen molar-refractivity contribution in [2.24, 2.45) is 5.41 Å². The van der Waals surface area contributed by atoms with Gasteiger partial charge in [-0.3, -0.25) is 0 Å². The molecule has 1 unspecified atom stereocenters. The van der Waals surface area contributed by atoms with E-state index in [0.717, 1.165) is 6.54 Å². The van der Waals surface area contributed by atoms with Crippen LogP contribution in [0.4, 0.5) is 6.01 Å². The molecule has 5 nitrogen and oxygen atoms in total. The molecular weight excluding hydrogens is 192 g/mol. The fourth-order valence-corrected chi connectivity index (χ4v) is 0.945. The Bertz CT molecular complexity index is 303. The maximum absolute atomic E-state index is 5.44. The number of hydrogen-bond donors (Lipinski definition) is 2. The van der Waals surface area contributed by atoms with Crippen molar-refractivity contribution < 1.29 is 4.42 Å². The molecule has 0 saturated heterocycles. The lowest BCUT2D eigenvalue weighted by molar-refractivity contribution is 0.417. The molecule has 2 N–H and O–H groups in total. The van der Waals surface area contributed by atoms with Crippen molar-refractivity contribution in [3.63, 3.8) is 0 Å². The summed E-state index contributed by atoms with van der Waals surface area (Å²) >= 11 is 0. The van der Waals surface area contributed by atoms with Crippen LogP contribution in [0.15, 0.2) is 4.42 Å². The largest absolute Gasteiger partial charge is 0.406 e.